The summed E-state index contributed by atoms with van der Waals surface area (Å²) in [5, 5.41) is 13.0. The molecule has 0 aliphatic heterocycles. The predicted molar refractivity (Wildman–Crippen MR) is 73.9 cm³/mol. The van der Waals surface area contributed by atoms with Gasteiger partial charge in [0.1, 0.15) is 12.3 Å². The van der Waals surface area contributed by atoms with Crippen LogP contribution in [0.3, 0.4) is 0 Å². The van der Waals surface area contributed by atoms with Crippen LogP contribution in [0, 0.1) is 18.3 Å². The van der Waals surface area contributed by atoms with E-state index in [1.807, 2.05) is 25.1 Å². The standard InChI is InChI=1S/C14H15N3OS/c1-3-16-8-11-4-5-13(12(6-11)7-15)19-14-17-10(2)9-18-14/h4-6,9,16H,3,8H2,1-2H3. The number of nitriles is 1. The third-order valence-electron chi connectivity index (χ3n) is 2.54. The van der Waals surface area contributed by atoms with Crippen molar-refractivity contribution in [3.8, 4) is 6.07 Å². The molecule has 0 aliphatic carbocycles. The Morgan fingerprint density at radius 3 is 2.95 bits per heavy atom. The lowest BCUT2D eigenvalue weighted by Crippen LogP contribution is -2.11. The first-order valence-electron chi connectivity index (χ1n) is 6.06. The Bertz CT molecular complexity index is 601. The van der Waals surface area contributed by atoms with Gasteiger partial charge in [0.15, 0.2) is 0 Å². The molecule has 2 aromatic rings. The van der Waals surface area contributed by atoms with Gasteiger partial charge in [-0.25, -0.2) is 4.98 Å². The number of aryl methyl sites for hydroxylation is 1. The number of oxazole rings is 1. The van der Waals surface area contributed by atoms with E-state index in [-0.39, 0.29) is 0 Å². The lowest BCUT2D eigenvalue weighted by molar-refractivity contribution is 0.454. The van der Waals surface area contributed by atoms with Crippen LogP contribution in [0.5, 0.6) is 0 Å². The highest BCUT2D eigenvalue weighted by Crippen LogP contribution is 2.30. The molecule has 1 N–H and O–H groups in total. The molecule has 0 atom stereocenters. The average Bonchev–Trinajstić information content (AvgIpc) is 2.83. The SMILES string of the molecule is CCNCc1ccc(Sc2nc(C)co2)c(C#N)c1. The number of benzene rings is 1. The molecule has 0 spiro atoms. The Hall–Kier alpha value is -1.77. The van der Waals surface area contributed by atoms with Crippen molar-refractivity contribution in [3.63, 3.8) is 0 Å². The molecule has 0 bridgehead atoms. The fraction of sp³-hybridized carbons (Fsp3) is 0.286. The molecule has 1 aromatic heterocycles. The summed E-state index contributed by atoms with van der Waals surface area (Å²) in [7, 11) is 0. The highest BCUT2D eigenvalue weighted by molar-refractivity contribution is 7.99. The third kappa shape index (κ3) is 3.60. The van der Waals surface area contributed by atoms with Crippen molar-refractivity contribution in [1.29, 1.82) is 5.26 Å². The molecule has 1 heterocycles. The molecular weight excluding hydrogens is 258 g/mol. The summed E-state index contributed by atoms with van der Waals surface area (Å²) in [6, 6.07) is 8.08. The Morgan fingerprint density at radius 1 is 1.47 bits per heavy atom. The van der Waals surface area contributed by atoms with Crippen LogP contribution >= 0.6 is 11.8 Å². The summed E-state index contributed by atoms with van der Waals surface area (Å²) >= 11 is 1.37. The van der Waals surface area contributed by atoms with Crippen molar-refractivity contribution in [2.45, 2.75) is 30.5 Å². The molecule has 0 fully saturated rings. The molecule has 0 saturated carbocycles. The van der Waals surface area contributed by atoms with Crippen molar-refractivity contribution < 1.29 is 4.42 Å². The summed E-state index contributed by atoms with van der Waals surface area (Å²) in [4.78, 5) is 5.09. The Balaban J connectivity index is 2.19. The summed E-state index contributed by atoms with van der Waals surface area (Å²) < 4.78 is 5.29. The zero-order valence-corrected chi connectivity index (χ0v) is 11.8. The van der Waals surface area contributed by atoms with Gasteiger partial charge in [-0.15, -0.1) is 0 Å². The number of hydrogen-bond donors (Lipinski definition) is 1. The molecule has 2 rings (SSSR count). The van der Waals surface area contributed by atoms with E-state index in [1.165, 1.54) is 11.8 Å². The van der Waals surface area contributed by atoms with Crippen LogP contribution in [0.1, 0.15) is 23.7 Å². The van der Waals surface area contributed by atoms with E-state index in [4.69, 9.17) is 4.42 Å². The molecule has 19 heavy (non-hydrogen) atoms. The fourth-order valence-electron chi connectivity index (χ4n) is 1.61. The van der Waals surface area contributed by atoms with E-state index in [9.17, 15) is 5.26 Å². The van der Waals surface area contributed by atoms with Gasteiger partial charge in [0, 0.05) is 11.4 Å². The third-order valence-corrected chi connectivity index (χ3v) is 3.48. The molecule has 4 nitrogen and oxygen atoms in total. The molecule has 1 aromatic carbocycles. The maximum Gasteiger partial charge on any atom is 0.260 e. The van der Waals surface area contributed by atoms with Crippen LogP contribution in [0.15, 0.2) is 39.0 Å². The van der Waals surface area contributed by atoms with Crippen molar-refractivity contribution in [2.75, 3.05) is 6.54 Å². The van der Waals surface area contributed by atoms with Crippen molar-refractivity contribution in [2.24, 2.45) is 0 Å². The largest absolute Gasteiger partial charge is 0.439 e. The lowest BCUT2D eigenvalue weighted by atomic mass is 10.1. The van der Waals surface area contributed by atoms with Crippen LogP contribution in [0.4, 0.5) is 0 Å². The zero-order chi connectivity index (χ0) is 13.7. The van der Waals surface area contributed by atoms with Crippen molar-refractivity contribution in [1.82, 2.24) is 10.3 Å². The van der Waals surface area contributed by atoms with E-state index in [0.717, 1.165) is 29.2 Å². The normalized spacial score (nSPS) is 10.4. The number of aromatic nitrogens is 1. The summed E-state index contributed by atoms with van der Waals surface area (Å²) in [5.41, 5.74) is 2.59. The molecule has 0 saturated heterocycles. The van der Waals surface area contributed by atoms with Crippen molar-refractivity contribution >= 4 is 11.8 Å². The van der Waals surface area contributed by atoms with Gasteiger partial charge >= 0.3 is 0 Å². The Morgan fingerprint density at radius 2 is 2.32 bits per heavy atom. The lowest BCUT2D eigenvalue weighted by Gasteiger charge is -2.05. The predicted octanol–water partition coefficient (Wildman–Crippen LogP) is 3.12. The first-order valence-corrected chi connectivity index (χ1v) is 6.88. The summed E-state index contributed by atoms with van der Waals surface area (Å²) in [6.45, 7) is 5.61. The van der Waals surface area contributed by atoms with Crippen LogP contribution in [-0.2, 0) is 6.54 Å². The minimum atomic E-state index is 0.563. The molecule has 0 unspecified atom stereocenters. The molecule has 0 amide bonds. The number of nitrogens with one attached hydrogen (secondary N) is 1. The van der Waals surface area contributed by atoms with Gasteiger partial charge in [-0.1, -0.05) is 13.0 Å². The van der Waals surface area contributed by atoms with E-state index >= 15 is 0 Å². The maximum absolute atomic E-state index is 9.22. The van der Waals surface area contributed by atoms with Gasteiger partial charge in [-0.2, -0.15) is 5.26 Å². The van der Waals surface area contributed by atoms with E-state index in [0.29, 0.717) is 10.8 Å². The fourth-order valence-corrected chi connectivity index (χ4v) is 2.43. The van der Waals surface area contributed by atoms with Gasteiger partial charge in [0.2, 0.25) is 0 Å². The van der Waals surface area contributed by atoms with Crippen molar-refractivity contribution in [3.05, 3.63) is 41.3 Å². The van der Waals surface area contributed by atoms with E-state index in [1.54, 1.807) is 6.26 Å². The minimum absolute atomic E-state index is 0.563. The molecular formula is C14H15N3OS. The van der Waals surface area contributed by atoms with Crippen LogP contribution < -0.4 is 5.32 Å². The second kappa shape index (κ2) is 6.41. The van der Waals surface area contributed by atoms with Gasteiger partial charge in [-0.3, -0.25) is 0 Å². The highest BCUT2D eigenvalue weighted by Gasteiger charge is 2.09. The molecule has 5 heteroatoms. The van der Waals surface area contributed by atoms with Gasteiger partial charge in [0.25, 0.3) is 5.22 Å². The summed E-state index contributed by atoms with van der Waals surface area (Å²) in [6.07, 6.45) is 1.61. The van der Waals surface area contributed by atoms with Gasteiger partial charge in [0.05, 0.1) is 11.3 Å². The number of nitrogens with zero attached hydrogens (tertiary/aromatic N) is 2. The first kappa shape index (κ1) is 13.7. The quantitative estimate of drug-likeness (QED) is 0.907. The maximum atomic E-state index is 9.22. The van der Waals surface area contributed by atoms with E-state index < -0.39 is 0 Å². The van der Waals surface area contributed by atoms with Crippen LogP contribution in [-0.4, -0.2) is 11.5 Å². The Labute approximate surface area is 116 Å². The second-order valence-corrected chi connectivity index (χ2v) is 5.07. The molecule has 0 radical (unpaired) electrons. The summed E-state index contributed by atoms with van der Waals surface area (Å²) in [5.74, 6) is 0. The average molecular weight is 273 g/mol. The van der Waals surface area contributed by atoms with Gasteiger partial charge < -0.3 is 9.73 Å². The molecule has 98 valence electrons. The first-order chi connectivity index (χ1) is 9.22. The second-order valence-electron chi connectivity index (χ2n) is 4.08. The topological polar surface area (TPSA) is 61.9 Å². The smallest absolute Gasteiger partial charge is 0.260 e. The monoisotopic (exact) mass is 273 g/mol. The number of hydrogen-bond acceptors (Lipinski definition) is 5. The Kier molecular flexibility index (Phi) is 4.61. The minimum Gasteiger partial charge on any atom is -0.439 e. The van der Waals surface area contributed by atoms with Crippen LogP contribution in [0.25, 0.3) is 0 Å². The molecule has 0 aliphatic rings. The number of rotatable bonds is 5. The zero-order valence-electron chi connectivity index (χ0n) is 10.9. The van der Waals surface area contributed by atoms with E-state index in [2.05, 4.69) is 23.3 Å². The van der Waals surface area contributed by atoms with Gasteiger partial charge in [-0.05, 0) is 42.9 Å². The van der Waals surface area contributed by atoms with Crippen LogP contribution in [0.2, 0.25) is 0 Å². The highest BCUT2D eigenvalue weighted by atomic mass is 32.2.